The van der Waals surface area contributed by atoms with Gasteiger partial charge in [0.1, 0.15) is 0 Å². The van der Waals surface area contributed by atoms with Gasteiger partial charge in [-0.3, -0.25) is 0 Å². The predicted molar refractivity (Wildman–Crippen MR) is 51.9 cm³/mol. The summed E-state index contributed by atoms with van der Waals surface area (Å²) in [6.45, 7) is 6.18. The zero-order valence-electron chi connectivity index (χ0n) is 8.38. The van der Waals surface area contributed by atoms with E-state index in [0.29, 0.717) is 12.3 Å². The Balaban J connectivity index is 2.32. The molecule has 2 rings (SSSR count). The van der Waals surface area contributed by atoms with E-state index in [1.165, 1.54) is 0 Å². The monoisotopic (exact) mass is 204 g/mol. The zero-order chi connectivity index (χ0) is 9.85. The minimum atomic E-state index is -0.392. The second-order valence-electron chi connectivity index (χ2n) is 4.92. The molecule has 2 heterocycles. The van der Waals surface area contributed by atoms with E-state index in [0.717, 1.165) is 6.42 Å². The molecule has 2 aliphatic heterocycles. The Kier molecular flexibility index (Phi) is 1.96. The van der Waals surface area contributed by atoms with Crippen LogP contribution in [0.25, 0.3) is 0 Å². The highest BCUT2D eigenvalue weighted by atomic mass is 35.5. The molecule has 0 radical (unpaired) electrons. The second kappa shape index (κ2) is 2.62. The first-order valence-electron chi connectivity index (χ1n) is 4.93. The number of rotatable bonds is 1. The third-order valence-corrected chi connectivity index (χ3v) is 4.26. The van der Waals surface area contributed by atoms with Crippen molar-refractivity contribution in [1.82, 2.24) is 0 Å². The van der Waals surface area contributed by atoms with Gasteiger partial charge in [0.25, 0.3) is 0 Å². The number of alkyl halides is 1. The molecule has 2 saturated heterocycles. The van der Waals surface area contributed by atoms with Crippen LogP contribution in [0.2, 0.25) is 0 Å². The maximum absolute atomic E-state index is 9.83. The Labute approximate surface area is 84.2 Å². The molecular formula is C10H17ClO2. The molecule has 0 aromatic heterocycles. The van der Waals surface area contributed by atoms with Gasteiger partial charge in [0, 0.05) is 6.42 Å². The first-order valence-corrected chi connectivity index (χ1v) is 5.37. The van der Waals surface area contributed by atoms with Crippen molar-refractivity contribution in [2.75, 3.05) is 0 Å². The zero-order valence-corrected chi connectivity index (χ0v) is 9.14. The van der Waals surface area contributed by atoms with Crippen molar-refractivity contribution < 1.29 is 9.84 Å². The smallest absolute Gasteiger partial charge is 0.0936 e. The molecule has 13 heavy (non-hydrogen) atoms. The topological polar surface area (TPSA) is 29.5 Å². The average molecular weight is 205 g/mol. The number of halogens is 1. The van der Waals surface area contributed by atoms with Gasteiger partial charge in [-0.15, -0.1) is 11.6 Å². The summed E-state index contributed by atoms with van der Waals surface area (Å²) < 4.78 is 5.95. The number of hydrogen-bond donors (Lipinski definition) is 1. The van der Waals surface area contributed by atoms with Crippen LogP contribution in [0.4, 0.5) is 0 Å². The summed E-state index contributed by atoms with van der Waals surface area (Å²) in [4.78, 5) is 0. The Morgan fingerprint density at radius 2 is 2.08 bits per heavy atom. The van der Waals surface area contributed by atoms with E-state index in [4.69, 9.17) is 16.3 Å². The number of aliphatic hydroxyl groups excluding tert-OH is 1. The quantitative estimate of drug-likeness (QED) is 0.662. The van der Waals surface area contributed by atoms with Crippen LogP contribution in [-0.4, -0.2) is 27.8 Å². The molecule has 0 saturated carbocycles. The minimum absolute atomic E-state index is 0.0564. The van der Waals surface area contributed by atoms with Gasteiger partial charge in [0.15, 0.2) is 0 Å². The van der Waals surface area contributed by atoms with Gasteiger partial charge in [-0.2, -0.15) is 0 Å². The fourth-order valence-corrected chi connectivity index (χ4v) is 3.37. The Morgan fingerprint density at radius 1 is 1.46 bits per heavy atom. The van der Waals surface area contributed by atoms with Crippen molar-refractivity contribution in [2.24, 2.45) is 5.92 Å². The van der Waals surface area contributed by atoms with Crippen LogP contribution in [0, 0.1) is 5.92 Å². The van der Waals surface area contributed by atoms with E-state index in [9.17, 15) is 5.11 Å². The summed E-state index contributed by atoms with van der Waals surface area (Å²) in [5.74, 6) is 0.369. The van der Waals surface area contributed by atoms with Crippen molar-refractivity contribution in [1.29, 1.82) is 0 Å². The largest absolute Gasteiger partial charge is 0.390 e. The summed E-state index contributed by atoms with van der Waals surface area (Å²) in [5.41, 5.74) is -0.674. The molecule has 2 aliphatic rings. The standard InChI is InChI=1S/C10H17ClO2/c1-6(2)10-5-8(12)9(3,13-10)4-7(10)11/h6-8,12H,4-5H2,1-3H3. The Morgan fingerprint density at radius 3 is 2.38 bits per heavy atom. The van der Waals surface area contributed by atoms with Gasteiger partial charge in [-0.25, -0.2) is 0 Å². The van der Waals surface area contributed by atoms with Gasteiger partial charge >= 0.3 is 0 Å². The normalized spacial score (nSPS) is 54.9. The number of fused-ring (bicyclic) bond motifs is 2. The number of aliphatic hydroxyl groups is 1. The van der Waals surface area contributed by atoms with Crippen LogP contribution in [0.1, 0.15) is 33.6 Å². The highest BCUT2D eigenvalue weighted by Gasteiger charge is 2.64. The van der Waals surface area contributed by atoms with Crippen molar-refractivity contribution in [3.8, 4) is 0 Å². The van der Waals surface area contributed by atoms with Crippen LogP contribution >= 0.6 is 11.6 Å². The highest BCUT2D eigenvalue weighted by molar-refractivity contribution is 6.21. The first-order chi connectivity index (χ1) is 5.91. The fraction of sp³-hybridized carbons (Fsp3) is 1.00. The maximum atomic E-state index is 9.83. The molecule has 2 nitrogen and oxygen atoms in total. The van der Waals surface area contributed by atoms with E-state index in [-0.39, 0.29) is 17.1 Å². The van der Waals surface area contributed by atoms with Crippen LogP contribution < -0.4 is 0 Å². The van der Waals surface area contributed by atoms with E-state index in [1.54, 1.807) is 0 Å². The molecule has 3 heteroatoms. The van der Waals surface area contributed by atoms with Gasteiger partial charge < -0.3 is 9.84 Å². The van der Waals surface area contributed by atoms with Crippen molar-refractivity contribution in [2.45, 2.75) is 56.3 Å². The van der Waals surface area contributed by atoms with Crippen LogP contribution in [-0.2, 0) is 4.74 Å². The molecule has 0 aromatic carbocycles. The predicted octanol–water partition coefficient (Wildman–Crippen LogP) is 1.93. The summed E-state index contributed by atoms with van der Waals surface area (Å²) in [6, 6.07) is 0. The summed E-state index contributed by atoms with van der Waals surface area (Å²) in [6.07, 6.45) is 1.12. The van der Waals surface area contributed by atoms with E-state index in [2.05, 4.69) is 13.8 Å². The lowest BCUT2D eigenvalue weighted by Gasteiger charge is -2.33. The lowest BCUT2D eigenvalue weighted by atomic mass is 9.75. The van der Waals surface area contributed by atoms with Gasteiger partial charge in [-0.05, 0) is 19.3 Å². The Hall–Kier alpha value is 0.210. The van der Waals surface area contributed by atoms with Crippen molar-refractivity contribution in [3.05, 3.63) is 0 Å². The minimum Gasteiger partial charge on any atom is -0.390 e. The molecule has 1 N–H and O–H groups in total. The summed E-state index contributed by atoms with van der Waals surface area (Å²) in [5, 5.41) is 9.88. The summed E-state index contributed by atoms with van der Waals surface area (Å²) >= 11 is 6.28. The number of ether oxygens (including phenoxy) is 1. The molecule has 0 amide bonds. The molecule has 4 atom stereocenters. The van der Waals surface area contributed by atoms with Crippen LogP contribution in [0.15, 0.2) is 0 Å². The molecule has 4 unspecified atom stereocenters. The fourth-order valence-electron chi connectivity index (χ4n) is 2.68. The highest BCUT2D eigenvalue weighted by Crippen LogP contribution is 2.55. The lowest BCUT2D eigenvalue weighted by Crippen LogP contribution is -2.44. The first kappa shape index (κ1) is 9.75. The van der Waals surface area contributed by atoms with E-state index < -0.39 is 5.60 Å². The van der Waals surface area contributed by atoms with Crippen LogP contribution in [0.5, 0.6) is 0 Å². The van der Waals surface area contributed by atoms with E-state index >= 15 is 0 Å². The molecule has 0 spiro atoms. The second-order valence-corrected chi connectivity index (χ2v) is 5.44. The van der Waals surface area contributed by atoms with Crippen molar-refractivity contribution >= 4 is 11.6 Å². The average Bonchev–Trinajstić information content (AvgIpc) is 2.37. The maximum Gasteiger partial charge on any atom is 0.0936 e. The Bertz CT molecular complexity index is 231. The van der Waals surface area contributed by atoms with Gasteiger partial charge in [0.05, 0.1) is 22.7 Å². The van der Waals surface area contributed by atoms with Crippen molar-refractivity contribution in [3.63, 3.8) is 0 Å². The van der Waals surface area contributed by atoms with Gasteiger partial charge in [-0.1, -0.05) is 13.8 Å². The molecule has 2 fully saturated rings. The molecule has 76 valence electrons. The molecule has 0 aromatic rings. The third kappa shape index (κ3) is 1.09. The lowest BCUT2D eigenvalue weighted by molar-refractivity contribution is -0.0796. The molecular weight excluding hydrogens is 188 g/mol. The summed E-state index contributed by atoms with van der Waals surface area (Å²) in [7, 11) is 0. The number of hydrogen-bond acceptors (Lipinski definition) is 2. The molecule has 2 bridgehead atoms. The molecule has 0 aliphatic carbocycles. The van der Waals surface area contributed by atoms with Gasteiger partial charge in [0.2, 0.25) is 0 Å². The SMILES string of the molecule is CC(C)C12CC(O)C(C)(CC1Cl)O2. The van der Waals surface area contributed by atoms with Crippen LogP contribution in [0.3, 0.4) is 0 Å². The van der Waals surface area contributed by atoms with E-state index in [1.807, 2.05) is 6.92 Å². The third-order valence-electron chi connectivity index (χ3n) is 3.73.